The Morgan fingerprint density at radius 1 is 1.38 bits per heavy atom. The smallest absolute Gasteiger partial charge is 0.352 e. The van der Waals surface area contributed by atoms with Crippen LogP contribution in [0.15, 0.2) is 22.7 Å². The summed E-state index contributed by atoms with van der Waals surface area (Å²) in [4.78, 5) is 14.6. The highest BCUT2D eigenvalue weighted by Crippen LogP contribution is 2.29. The molecular formula is C12H9F4N3O2. The second kappa shape index (κ2) is 5.51. The van der Waals surface area contributed by atoms with Gasteiger partial charge in [0.15, 0.2) is 0 Å². The molecule has 5 nitrogen and oxygen atoms in total. The Balaban J connectivity index is 2.32. The van der Waals surface area contributed by atoms with Gasteiger partial charge in [-0.05, 0) is 19.1 Å². The van der Waals surface area contributed by atoms with Crippen LogP contribution < -0.4 is 5.32 Å². The minimum atomic E-state index is -4.77. The summed E-state index contributed by atoms with van der Waals surface area (Å²) < 4.78 is 54.8. The number of carbonyl (C=O) groups is 1. The van der Waals surface area contributed by atoms with Gasteiger partial charge in [-0.1, -0.05) is 11.2 Å². The van der Waals surface area contributed by atoms with Crippen molar-refractivity contribution < 1.29 is 26.9 Å². The second-order valence-electron chi connectivity index (χ2n) is 3.97. The molecule has 0 saturated carbocycles. The normalized spacial score (nSPS) is 11.5. The number of alkyl halides is 3. The maximum absolute atomic E-state index is 13.8. The number of rotatable bonds is 3. The van der Waals surface area contributed by atoms with Gasteiger partial charge >= 0.3 is 12.1 Å². The van der Waals surface area contributed by atoms with E-state index in [0.29, 0.717) is 6.54 Å². The third-order valence-corrected chi connectivity index (χ3v) is 2.48. The van der Waals surface area contributed by atoms with Crippen LogP contribution in [0.25, 0.3) is 11.4 Å². The molecule has 9 heteroatoms. The first-order chi connectivity index (χ1) is 9.82. The quantitative estimate of drug-likeness (QED) is 0.885. The van der Waals surface area contributed by atoms with Crippen LogP contribution in [0.5, 0.6) is 0 Å². The summed E-state index contributed by atoms with van der Waals surface area (Å²) in [6.07, 6.45) is -4.77. The van der Waals surface area contributed by atoms with E-state index in [1.807, 2.05) is 0 Å². The molecule has 1 N–H and O–H groups in total. The number of halogens is 4. The van der Waals surface area contributed by atoms with Crippen LogP contribution in [0.4, 0.5) is 17.6 Å². The molecule has 2 rings (SSSR count). The van der Waals surface area contributed by atoms with Crippen LogP contribution in [-0.2, 0) is 6.18 Å². The average Bonchev–Trinajstić information content (AvgIpc) is 2.88. The van der Waals surface area contributed by atoms with Crippen molar-refractivity contribution in [1.29, 1.82) is 0 Å². The molecule has 0 atom stereocenters. The first-order valence-electron chi connectivity index (χ1n) is 5.82. The van der Waals surface area contributed by atoms with E-state index in [-0.39, 0.29) is 11.1 Å². The highest BCUT2D eigenvalue weighted by molar-refractivity contribution is 5.94. The van der Waals surface area contributed by atoms with Crippen LogP contribution in [0, 0.1) is 5.82 Å². The Morgan fingerprint density at radius 3 is 2.62 bits per heavy atom. The van der Waals surface area contributed by atoms with Crippen molar-refractivity contribution >= 4 is 5.91 Å². The predicted molar refractivity (Wildman–Crippen MR) is 62.7 cm³/mol. The minimum Gasteiger partial charge on any atom is -0.352 e. The van der Waals surface area contributed by atoms with Crippen LogP contribution in [-0.4, -0.2) is 22.6 Å². The van der Waals surface area contributed by atoms with Gasteiger partial charge in [0.1, 0.15) is 5.82 Å². The van der Waals surface area contributed by atoms with Crippen LogP contribution in [0.3, 0.4) is 0 Å². The zero-order chi connectivity index (χ0) is 15.6. The molecule has 0 aliphatic rings. The summed E-state index contributed by atoms with van der Waals surface area (Å²) in [5.74, 6) is -3.45. The number of nitrogens with zero attached hydrogens (tertiary/aromatic N) is 2. The van der Waals surface area contributed by atoms with Crippen molar-refractivity contribution in [2.24, 2.45) is 0 Å². The summed E-state index contributed by atoms with van der Waals surface area (Å²) >= 11 is 0. The summed E-state index contributed by atoms with van der Waals surface area (Å²) in [5, 5.41) is 5.54. The van der Waals surface area contributed by atoms with Crippen molar-refractivity contribution in [2.45, 2.75) is 13.1 Å². The molecule has 21 heavy (non-hydrogen) atoms. The maximum Gasteiger partial charge on any atom is 0.471 e. The lowest BCUT2D eigenvalue weighted by atomic mass is 10.1. The molecule has 0 spiro atoms. The van der Waals surface area contributed by atoms with E-state index in [0.717, 1.165) is 12.1 Å². The van der Waals surface area contributed by atoms with Crippen molar-refractivity contribution in [3.8, 4) is 11.4 Å². The van der Waals surface area contributed by atoms with Gasteiger partial charge in [-0.2, -0.15) is 18.2 Å². The molecule has 1 aromatic heterocycles. The molecule has 0 fully saturated rings. The van der Waals surface area contributed by atoms with Gasteiger partial charge in [-0.25, -0.2) is 4.39 Å². The number of hydrogen-bond donors (Lipinski definition) is 1. The number of carbonyl (C=O) groups excluding carboxylic acids is 1. The molecule has 0 radical (unpaired) electrons. The number of amides is 1. The molecule has 1 aromatic carbocycles. The second-order valence-corrected chi connectivity index (χ2v) is 3.97. The molecule has 0 aliphatic carbocycles. The number of hydrogen-bond acceptors (Lipinski definition) is 4. The summed E-state index contributed by atoms with van der Waals surface area (Å²) in [6.45, 7) is 1.99. The lowest BCUT2D eigenvalue weighted by Gasteiger charge is -2.04. The fourth-order valence-corrected chi connectivity index (χ4v) is 1.55. The number of aromatic nitrogens is 2. The van der Waals surface area contributed by atoms with Gasteiger partial charge in [0.25, 0.3) is 5.91 Å². The predicted octanol–water partition coefficient (Wildman–Crippen LogP) is 2.64. The topological polar surface area (TPSA) is 68.0 Å². The van der Waals surface area contributed by atoms with E-state index in [1.54, 1.807) is 6.92 Å². The van der Waals surface area contributed by atoms with Gasteiger partial charge in [0.05, 0.1) is 5.56 Å². The minimum absolute atomic E-state index is 0.0280. The Bertz CT molecular complexity index is 667. The molecule has 0 aliphatic heterocycles. The third kappa shape index (κ3) is 3.18. The molecule has 0 saturated heterocycles. The average molecular weight is 303 g/mol. The largest absolute Gasteiger partial charge is 0.471 e. The van der Waals surface area contributed by atoms with Gasteiger partial charge in [-0.15, -0.1) is 0 Å². The summed E-state index contributed by atoms with van der Waals surface area (Å²) in [5.41, 5.74) is -0.250. The molecule has 112 valence electrons. The van der Waals surface area contributed by atoms with Crippen LogP contribution in [0.2, 0.25) is 0 Å². The number of nitrogens with one attached hydrogen (secondary N) is 1. The molecule has 0 unspecified atom stereocenters. The van der Waals surface area contributed by atoms with Crippen molar-refractivity contribution in [1.82, 2.24) is 15.5 Å². The van der Waals surface area contributed by atoms with Crippen LogP contribution in [0.1, 0.15) is 23.2 Å². The summed E-state index contributed by atoms with van der Waals surface area (Å²) in [7, 11) is 0. The van der Waals surface area contributed by atoms with Gasteiger partial charge < -0.3 is 9.84 Å². The maximum atomic E-state index is 13.8. The van der Waals surface area contributed by atoms with Gasteiger partial charge in [0, 0.05) is 12.1 Å². The van der Waals surface area contributed by atoms with Crippen LogP contribution >= 0.6 is 0 Å². The first kappa shape index (κ1) is 14.9. The monoisotopic (exact) mass is 303 g/mol. The first-order valence-corrected chi connectivity index (χ1v) is 5.82. The lowest BCUT2D eigenvalue weighted by molar-refractivity contribution is -0.159. The van der Waals surface area contributed by atoms with E-state index >= 15 is 0 Å². The Kier molecular flexibility index (Phi) is 3.92. The van der Waals surface area contributed by atoms with Crippen molar-refractivity contribution in [2.75, 3.05) is 6.54 Å². The fraction of sp³-hybridized carbons (Fsp3) is 0.250. The lowest BCUT2D eigenvalue weighted by Crippen LogP contribution is -2.23. The molecule has 1 amide bonds. The SMILES string of the molecule is CCNC(=O)c1ccc(-c2noc(C(F)(F)F)n2)cc1F. The van der Waals surface area contributed by atoms with Crippen molar-refractivity contribution in [3.63, 3.8) is 0 Å². The highest BCUT2D eigenvalue weighted by Gasteiger charge is 2.38. The Labute approximate surface area is 116 Å². The highest BCUT2D eigenvalue weighted by atomic mass is 19.4. The zero-order valence-electron chi connectivity index (χ0n) is 10.7. The number of benzene rings is 1. The summed E-state index contributed by atoms with van der Waals surface area (Å²) in [6, 6.07) is 3.24. The van der Waals surface area contributed by atoms with E-state index in [4.69, 9.17) is 0 Å². The Morgan fingerprint density at radius 2 is 2.10 bits per heavy atom. The molecular weight excluding hydrogens is 294 g/mol. The van der Waals surface area contributed by atoms with E-state index < -0.39 is 29.6 Å². The fourth-order valence-electron chi connectivity index (χ4n) is 1.55. The third-order valence-electron chi connectivity index (χ3n) is 2.48. The van der Waals surface area contributed by atoms with Gasteiger partial charge in [-0.3, -0.25) is 4.79 Å². The zero-order valence-corrected chi connectivity index (χ0v) is 10.7. The van der Waals surface area contributed by atoms with Crippen molar-refractivity contribution in [3.05, 3.63) is 35.5 Å². The molecule has 2 aromatic rings. The standard InChI is InChI=1S/C12H9F4N3O2/c1-2-17-10(20)7-4-3-6(5-8(7)13)9-18-11(21-19-9)12(14,15)16/h3-5H,2H2,1H3,(H,17,20). The van der Waals surface area contributed by atoms with E-state index in [2.05, 4.69) is 20.0 Å². The van der Waals surface area contributed by atoms with E-state index in [9.17, 15) is 22.4 Å². The molecule has 0 bridgehead atoms. The van der Waals surface area contributed by atoms with E-state index in [1.165, 1.54) is 6.07 Å². The van der Waals surface area contributed by atoms with Gasteiger partial charge in [0.2, 0.25) is 5.82 Å². The molecule has 1 heterocycles. The Hall–Kier alpha value is -2.45.